The molecular weight excluding hydrogens is 186 g/mol. The van der Waals surface area contributed by atoms with Gasteiger partial charge in [0.1, 0.15) is 5.82 Å². The molecule has 3 heteroatoms. The molecule has 0 radical (unpaired) electrons. The molecule has 0 saturated carbocycles. The molecule has 84 valence electrons. The summed E-state index contributed by atoms with van der Waals surface area (Å²) in [6.07, 6.45) is 1.81. The Kier molecular flexibility index (Phi) is 3.56. The maximum absolute atomic E-state index is 4.18. The third-order valence-corrected chi connectivity index (χ3v) is 2.70. The van der Waals surface area contributed by atoms with Gasteiger partial charge in [0, 0.05) is 31.0 Å². The van der Waals surface area contributed by atoms with Gasteiger partial charge in [-0.3, -0.25) is 0 Å². The highest BCUT2D eigenvalue weighted by molar-refractivity contribution is 5.52. The van der Waals surface area contributed by atoms with Crippen LogP contribution in [0, 0.1) is 5.41 Å². The highest BCUT2D eigenvalue weighted by Crippen LogP contribution is 2.23. The second-order valence-electron chi connectivity index (χ2n) is 4.91. The van der Waals surface area contributed by atoms with Gasteiger partial charge in [-0.2, -0.15) is 0 Å². The van der Waals surface area contributed by atoms with Crippen molar-refractivity contribution < 1.29 is 0 Å². The van der Waals surface area contributed by atoms with Gasteiger partial charge in [0.2, 0.25) is 0 Å². The van der Waals surface area contributed by atoms with Crippen LogP contribution >= 0.6 is 0 Å². The molecule has 0 aliphatic carbocycles. The number of anilines is 2. The zero-order valence-corrected chi connectivity index (χ0v) is 10.3. The van der Waals surface area contributed by atoms with Crippen molar-refractivity contribution in [1.29, 1.82) is 0 Å². The number of hydrogen-bond acceptors (Lipinski definition) is 3. The van der Waals surface area contributed by atoms with Gasteiger partial charge in [-0.15, -0.1) is 0 Å². The minimum Gasteiger partial charge on any atom is -0.382 e. The number of rotatable bonds is 3. The molecule has 0 spiro atoms. The van der Waals surface area contributed by atoms with E-state index in [4.69, 9.17) is 0 Å². The van der Waals surface area contributed by atoms with E-state index in [0.717, 1.165) is 11.5 Å². The largest absolute Gasteiger partial charge is 0.382 e. The Bertz CT molecular complexity index is 315. The number of nitrogens with zero attached hydrogens (tertiary/aromatic N) is 1. The van der Waals surface area contributed by atoms with Crippen LogP contribution in [0.1, 0.15) is 27.7 Å². The maximum atomic E-state index is 4.18. The topological polar surface area (TPSA) is 37.0 Å². The molecule has 2 N–H and O–H groups in total. The minimum atomic E-state index is 0.253. The van der Waals surface area contributed by atoms with Crippen LogP contribution in [0.2, 0.25) is 0 Å². The lowest BCUT2D eigenvalue weighted by Gasteiger charge is -2.29. The Labute approximate surface area is 92.3 Å². The van der Waals surface area contributed by atoms with Crippen molar-refractivity contribution in [2.45, 2.75) is 33.7 Å². The Balaban J connectivity index is 2.72. The van der Waals surface area contributed by atoms with Crippen molar-refractivity contribution in [2.75, 3.05) is 17.7 Å². The lowest BCUT2D eigenvalue weighted by Crippen LogP contribution is -2.30. The molecule has 0 aromatic carbocycles. The smallest absolute Gasteiger partial charge is 0.127 e. The first-order valence-corrected chi connectivity index (χ1v) is 5.34. The van der Waals surface area contributed by atoms with Gasteiger partial charge in [0.05, 0.1) is 0 Å². The summed E-state index contributed by atoms with van der Waals surface area (Å²) >= 11 is 0. The summed E-state index contributed by atoms with van der Waals surface area (Å²) in [5, 5.41) is 6.50. The van der Waals surface area contributed by atoms with Crippen LogP contribution in [0.3, 0.4) is 0 Å². The van der Waals surface area contributed by atoms with Crippen molar-refractivity contribution in [2.24, 2.45) is 5.41 Å². The fourth-order valence-electron chi connectivity index (χ4n) is 1.12. The Hall–Kier alpha value is -1.25. The van der Waals surface area contributed by atoms with Gasteiger partial charge < -0.3 is 10.6 Å². The van der Waals surface area contributed by atoms with Crippen molar-refractivity contribution >= 4 is 11.5 Å². The molecule has 3 nitrogen and oxygen atoms in total. The summed E-state index contributed by atoms with van der Waals surface area (Å²) in [6, 6.07) is 4.43. The fraction of sp³-hybridized carbons (Fsp3) is 0.583. The number of aromatic nitrogens is 1. The lowest BCUT2D eigenvalue weighted by atomic mass is 9.88. The van der Waals surface area contributed by atoms with Gasteiger partial charge >= 0.3 is 0 Å². The number of hydrogen-bond donors (Lipinski definition) is 2. The quantitative estimate of drug-likeness (QED) is 0.800. The van der Waals surface area contributed by atoms with Crippen LogP contribution in [-0.2, 0) is 0 Å². The monoisotopic (exact) mass is 207 g/mol. The summed E-state index contributed by atoms with van der Waals surface area (Å²) in [5.41, 5.74) is 1.36. The SMILES string of the molecule is CNc1cc(NC(C)C(C)(C)C)ccn1. The second kappa shape index (κ2) is 4.51. The van der Waals surface area contributed by atoms with Crippen LogP contribution in [0.5, 0.6) is 0 Å². The molecule has 0 aliphatic heterocycles. The zero-order chi connectivity index (χ0) is 11.5. The van der Waals surface area contributed by atoms with Crippen molar-refractivity contribution in [3.63, 3.8) is 0 Å². The Morgan fingerprint density at radius 2 is 2.00 bits per heavy atom. The molecule has 0 amide bonds. The second-order valence-corrected chi connectivity index (χ2v) is 4.91. The van der Waals surface area contributed by atoms with Crippen molar-refractivity contribution in [1.82, 2.24) is 4.98 Å². The summed E-state index contributed by atoms with van der Waals surface area (Å²) < 4.78 is 0. The average molecular weight is 207 g/mol. The first kappa shape index (κ1) is 11.8. The van der Waals surface area contributed by atoms with E-state index >= 15 is 0 Å². The standard InChI is InChI=1S/C12H21N3/c1-9(12(2,3)4)15-10-6-7-14-11(8-10)13-5/h6-9H,1-5H3,(H2,13,14,15). The molecule has 1 heterocycles. The van der Waals surface area contributed by atoms with E-state index < -0.39 is 0 Å². The van der Waals surface area contributed by atoms with Gasteiger partial charge in [-0.1, -0.05) is 20.8 Å². The van der Waals surface area contributed by atoms with E-state index in [9.17, 15) is 0 Å². The molecule has 15 heavy (non-hydrogen) atoms. The van der Waals surface area contributed by atoms with E-state index in [2.05, 4.69) is 43.3 Å². The first-order chi connectivity index (χ1) is 6.93. The predicted molar refractivity (Wildman–Crippen MR) is 66.3 cm³/mol. The number of nitrogens with one attached hydrogen (secondary N) is 2. The molecule has 0 aliphatic rings. The molecule has 0 saturated heterocycles. The van der Waals surface area contributed by atoms with Crippen LogP contribution in [0.4, 0.5) is 11.5 Å². The molecule has 0 bridgehead atoms. The van der Waals surface area contributed by atoms with Crippen molar-refractivity contribution in [3.05, 3.63) is 18.3 Å². The fourth-order valence-corrected chi connectivity index (χ4v) is 1.12. The highest BCUT2D eigenvalue weighted by Gasteiger charge is 2.19. The van der Waals surface area contributed by atoms with E-state index in [1.165, 1.54) is 0 Å². The van der Waals surface area contributed by atoms with Crippen LogP contribution < -0.4 is 10.6 Å². The van der Waals surface area contributed by atoms with E-state index in [1.807, 2.05) is 25.4 Å². The Morgan fingerprint density at radius 1 is 1.33 bits per heavy atom. The molecule has 0 fully saturated rings. The number of pyridine rings is 1. The van der Waals surface area contributed by atoms with Gasteiger partial charge in [-0.05, 0) is 18.4 Å². The third kappa shape index (κ3) is 3.42. The Morgan fingerprint density at radius 3 is 2.53 bits per heavy atom. The molecule has 1 rings (SSSR count). The first-order valence-electron chi connectivity index (χ1n) is 5.34. The molecule has 1 aromatic rings. The predicted octanol–water partition coefficient (Wildman–Crippen LogP) is 2.97. The lowest BCUT2D eigenvalue weighted by molar-refractivity contribution is 0.359. The van der Waals surface area contributed by atoms with E-state index in [1.54, 1.807) is 0 Å². The van der Waals surface area contributed by atoms with Gasteiger partial charge in [-0.25, -0.2) is 4.98 Å². The molecule has 1 unspecified atom stereocenters. The molecular formula is C12H21N3. The van der Waals surface area contributed by atoms with Crippen molar-refractivity contribution in [3.8, 4) is 0 Å². The zero-order valence-electron chi connectivity index (χ0n) is 10.3. The van der Waals surface area contributed by atoms with Gasteiger partial charge in [0.25, 0.3) is 0 Å². The van der Waals surface area contributed by atoms with Crippen LogP contribution in [0.25, 0.3) is 0 Å². The summed E-state index contributed by atoms with van der Waals surface area (Å²) in [4.78, 5) is 4.18. The summed E-state index contributed by atoms with van der Waals surface area (Å²) in [7, 11) is 1.87. The summed E-state index contributed by atoms with van der Waals surface area (Å²) in [5.74, 6) is 0.890. The van der Waals surface area contributed by atoms with Crippen LogP contribution in [0.15, 0.2) is 18.3 Å². The van der Waals surface area contributed by atoms with E-state index in [0.29, 0.717) is 6.04 Å². The normalized spacial score (nSPS) is 13.4. The summed E-state index contributed by atoms with van der Waals surface area (Å²) in [6.45, 7) is 8.87. The average Bonchev–Trinajstić information content (AvgIpc) is 2.16. The van der Waals surface area contributed by atoms with Gasteiger partial charge in [0.15, 0.2) is 0 Å². The molecule has 1 atom stereocenters. The highest BCUT2D eigenvalue weighted by atomic mass is 15.0. The maximum Gasteiger partial charge on any atom is 0.127 e. The minimum absolute atomic E-state index is 0.253. The molecule has 1 aromatic heterocycles. The third-order valence-electron chi connectivity index (χ3n) is 2.70. The van der Waals surface area contributed by atoms with E-state index in [-0.39, 0.29) is 5.41 Å². The van der Waals surface area contributed by atoms with Crippen LogP contribution in [-0.4, -0.2) is 18.1 Å².